The van der Waals surface area contributed by atoms with Crippen molar-refractivity contribution >= 4 is 21.4 Å². The van der Waals surface area contributed by atoms with Gasteiger partial charge in [-0.25, -0.2) is 8.42 Å². The summed E-state index contributed by atoms with van der Waals surface area (Å²) < 4.78 is 22.6. The predicted octanol–water partition coefficient (Wildman–Crippen LogP) is 1.29. The van der Waals surface area contributed by atoms with E-state index in [1.165, 1.54) is 12.1 Å². The monoisotopic (exact) mass is 280 g/mol. The molecule has 5 nitrogen and oxygen atoms in total. The Labute approximate surface area is 112 Å². The fourth-order valence-electron chi connectivity index (χ4n) is 1.81. The van der Waals surface area contributed by atoms with Crippen molar-refractivity contribution < 1.29 is 13.2 Å². The Morgan fingerprint density at radius 3 is 2.42 bits per heavy atom. The zero-order valence-corrected chi connectivity index (χ0v) is 11.6. The Hall–Kier alpha value is -1.82. The van der Waals surface area contributed by atoms with Crippen molar-refractivity contribution in [3.05, 3.63) is 36.5 Å². The Balaban J connectivity index is 2.10. The van der Waals surface area contributed by atoms with Crippen LogP contribution in [-0.2, 0) is 14.6 Å². The minimum absolute atomic E-state index is 0.149. The first kappa shape index (κ1) is 13.6. The second-order valence-electron chi connectivity index (χ2n) is 4.83. The number of nitrogens with one attached hydrogen (secondary N) is 2. The van der Waals surface area contributed by atoms with E-state index in [2.05, 4.69) is 10.6 Å². The molecule has 0 bridgehead atoms. The lowest BCUT2D eigenvalue weighted by Crippen LogP contribution is -2.47. The molecule has 1 heterocycles. The highest BCUT2D eigenvalue weighted by Crippen LogP contribution is 2.20. The molecule has 0 radical (unpaired) electrons. The molecule has 19 heavy (non-hydrogen) atoms. The number of hydrogen-bond donors (Lipinski definition) is 2. The lowest BCUT2D eigenvalue weighted by molar-refractivity contribution is -0.121. The Kier molecular flexibility index (Phi) is 3.36. The zero-order chi connectivity index (χ0) is 14.1. The summed E-state index contributed by atoms with van der Waals surface area (Å²) in [6.45, 7) is 1.81. The van der Waals surface area contributed by atoms with Crippen LogP contribution in [0, 0.1) is 0 Å². The molecule has 102 valence electrons. The molecule has 0 saturated heterocycles. The first-order chi connectivity index (χ1) is 8.81. The van der Waals surface area contributed by atoms with Gasteiger partial charge < -0.3 is 10.6 Å². The van der Waals surface area contributed by atoms with Crippen molar-refractivity contribution in [1.82, 2.24) is 5.32 Å². The van der Waals surface area contributed by atoms with Crippen LogP contribution in [0.1, 0.15) is 13.3 Å². The van der Waals surface area contributed by atoms with Gasteiger partial charge in [0.05, 0.1) is 4.90 Å². The first-order valence-corrected chi connectivity index (χ1v) is 7.75. The number of hydrogen-bond acceptors (Lipinski definition) is 4. The van der Waals surface area contributed by atoms with E-state index in [-0.39, 0.29) is 10.8 Å². The molecule has 0 fully saturated rings. The highest BCUT2D eigenvalue weighted by atomic mass is 32.2. The van der Waals surface area contributed by atoms with Gasteiger partial charge in [-0.15, -0.1) is 0 Å². The molecule has 2 N–H and O–H groups in total. The van der Waals surface area contributed by atoms with Gasteiger partial charge in [0.2, 0.25) is 5.91 Å². The SMILES string of the molecule is CC1(C(=O)Nc2ccc(S(C)(=O)=O)cc2)CC=CN1. The molecular formula is C13H16N2O3S. The van der Waals surface area contributed by atoms with Crippen LogP contribution in [0.5, 0.6) is 0 Å². The average Bonchev–Trinajstić information content (AvgIpc) is 2.77. The summed E-state index contributed by atoms with van der Waals surface area (Å²) in [4.78, 5) is 12.3. The molecule has 1 atom stereocenters. The number of benzene rings is 1. The average molecular weight is 280 g/mol. The molecule has 1 aliphatic heterocycles. The zero-order valence-electron chi connectivity index (χ0n) is 10.8. The standard InChI is InChI=1S/C13H16N2O3S/c1-13(8-3-9-14-13)12(16)15-10-4-6-11(7-5-10)19(2,17)18/h3-7,9,14H,8H2,1-2H3,(H,15,16). The number of rotatable bonds is 3. The van der Waals surface area contributed by atoms with Crippen molar-refractivity contribution in [2.75, 3.05) is 11.6 Å². The third-order valence-corrected chi connectivity index (χ3v) is 4.22. The lowest BCUT2D eigenvalue weighted by atomic mass is 9.99. The van der Waals surface area contributed by atoms with Crippen LogP contribution in [0.2, 0.25) is 0 Å². The van der Waals surface area contributed by atoms with Crippen molar-refractivity contribution in [2.45, 2.75) is 23.8 Å². The van der Waals surface area contributed by atoms with Crippen molar-refractivity contribution in [3.63, 3.8) is 0 Å². The van der Waals surface area contributed by atoms with E-state index < -0.39 is 15.4 Å². The van der Waals surface area contributed by atoms with Crippen LogP contribution in [0.3, 0.4) is 0 Å². The van der Waals surface area contributed by atoms with Gasteiger partial charge in [0.25, 0.3) is 0 Å². The second-order valence-corrected chi connectivity index (χ2v) is 6.85. The van der Waals surface area contributed by atoms with Gasteiger partial charge in [0, 0.05) is 11.9 Å². The quantitative estimate of drug-likeness (QED) is 0.875. The summed E-state index contributed by atoms with van der Waals surface area (Å²) >= 11 is 0. The van der Waals surface area contributed by atoms with E-state index in [9.17, 15) is 13.2 Å². The van der Waals surface area contributed by atoms with Gasteiger partial charge in [-0.2, -0.15) is 0 Å². The van der Waals surface area contributed by atoms with Gasteiger partial charge in [-0.3, -0.25) is 4.79 Å². The molecule has 1 aromatic carbocycles. The largest absolute Gasteiger partial charge is 0.377 e. The Bertz CT molecular complexity index is 610. The maximum atomic E-state index is 12.1. The third-order valence-electron chi connectivity index (χ3n) is 3.09. The molecule has 0 saturated carbocycles. The minimum atomic E-state index is -3.21. The van der Waals surface area contributed by atoms with Crippen molar-refractivity contribution in [1.29, 1.82) is 0 Å². The first-order valence-electron chi connectivity index (χ1n) is 5.86. The second kappa shape index (κ2) is 4.70. The molecule has 0 spiro atoms. The Morgan fingerprint density at radius 2 is 1.95 bits per heavy atom. The predicted molar refractivity (Wildman–Crippen MR) is 73.5 cm³/mol. The van der Waals surface area contributed by atoms with E-state index in [0.29, 0.717) is 12.1 Å². The van der Waals surface area contributed by atoms with Gasteiger partial charge in [0.1, 0.15) is 5.54 Å². The highest BCUT2D eigenvalue weighted by molar-refractivity contribution is 7.90. The van der Waals surface area contributed by atoms with Crippen LogP contribution in [-0.4, -0.2) is 26.1 Å². The van der Waals surface area contributed by atoms with Gasteiger partial charge in [0.15, 0.2) is 9.84 Å². The number of sulfone groups is 1. The van der Waals surface area contributed by atoms with Gasteiger partial charge in [-0.1, -0.05) is 6.08 Å². The molecule has 1 unspecified atom stereocenters. The minimum Gasteiger partial charge on any atom is -0.377 e. The number of anilines is 1. The maximum Gasteiger partial charge on any atom is 0.250 e. The van der Waals surface area contributed by atoms with Gasteiger partial charge in [-0.05, 0) is 43.8 Å². The number of carbonyl (C=O) groups is 1. The van der Waals surface area contributed by atoms with E-state index in [1.807, 2.05) is 13.0 Å². The molecule has 0 aromatic heterocycles. The molecule has 2 rings (SSSR count). The van der Waals surface area contributed by atoms with Gasteiger partial charge >= 0.3 is 0 Å². The smallest absolute Gasteiger partial charge is 0.250 e. The maximum absolute atomic E-state index is 12.1. The molecule has 0 aliphatic carbocycles. The van der Waals surface area contributed by atoms with Crippen LogP contribution in [0.4, 0.5) is 5.69 Å². The molecule has 6 heteroatoms. The summed E-state index contributed by atoms with van der Waals surface area (Å²) in [6.07, 6.45) is 5.43. The normalized spacial score (nSPS) is 22.0. The van der Waals surface area contributed by atoms with E-state index in [0.717, 1.165) is 6.26 Å². The topological polar surface area (TPSA) is 75.3 Å². The summed E-state index contributed by atoms with van der Waals surface area (Å²) in [6, 6.07) is 6.13. The molecule has 1 aromatic rings. The van der Waals surface area contributed by atoms with Crippen LogP contribution in [0.25, 0.3) is 0 Å². The van der Waals surface area contributed by atoms with Crippen molar-refractivity contribution in [3.8, 4) is 0 Å². The summed E-state index contributed by atoms with van der Waals surface area (Å²) in [5.41, 5.74) is -0.0671. The molecule has 1 aliphatic rings. The fraction of sp³-hybridized carbons (Fsp3) is 0.308. The van der Waals surface area contributed by atoms with Crippen molar-refractivity contribution in [2.24, 2.45) is 0 Å². The highest BCUT2D eigenvalue weighted by Gasteiger charge is 2.33. The number of amides is 1. The van der Waals surface area contributed by atoms with Crippen LogP contribution >= 0.6 is 0 Å². The summed E-state index contributed by atoms with van der Waals surface area (Å²) in [7, 11) is -3.21. The van der Waals surface area contributed by atoms with Crippen LogP contribution < -0.4 is 10.6 Å². The number of carbonyl (C=O) groups excluding carboxylic acids is 1. The van der Waals surface area contributed by atoms with E-state index >= 15 is 0 Å². The van der Waals surface area contributed by atoms with E-state index in [4.69, 9.17) is 0 Å². The fourth-order valence-corrected chi connectivity index (χ4v) is 2.44. The lowest BCUT2D eigenvalue weighted by Gasteiger charge is -2.23. The summed E-state index contributed by atoms with van der Waals surface area (Å²) in [5, 5.41) is 5.77. The molecule has 1 amide bonds. The third kappa shape index (κ3) is 2.96. The Morgan fingerprint density at radius 1 is 1.32 bits per heavy atom. The summed E-state index contributed by atoms with van der Waals surface area (Å²) in [5.74, 6) is -0.149. The van der Waals surface area contributed by atoms with E-state index in [1.54, 1.807) is 18.3 Å². The molecular weight excluding hydrogens is 264 g/mol. The van der Waals surface area contributed by atoms with Crippen LogP contribution in [0.15, 0.2) is 41.4 Å².